The molecular formula is C21H37N5O6. The van der Waals surface area contributed by atoms with Gasteiger partial charge in [-0.1, -0.05) is 34.1 Å². The van der Waals surface area contributed by atoms with Gasteiger partial charge < -0.3 is 32.1 Å². The Morgan fingerprint density at radius 2 is 1.72 bits per heavy atom. The number of carboxylic acids is 1. The quantitative estimate of drug-likeness (QED) is 0.258. The molecule has 0 aliphatic carbocycles. The number of carbonyl (C=O) groups excluding carboxylic acids is 4. The highest BCUT2D eigenvalue weighted by Gasteiger charge is 2.38. The van der Waals surface area contributed by atoms with Crippen molar-refractivity contribution >= 4 is 29.6 Å². The Kier molecular flexibility index (Phi) is 10.6. The molecule has 0 aromatic heterocycles. The van der Waals surface area contributed by atoms with Crippen LogP contribution in [0.5, 0.6) is 0 Å². The number of carbonyl (C=O) groups is 5. The van der Waals surface area contributed by atoms with Gasteiger partial charge in [-0.05, 0) is 31.1 Å². The van der Waals surface area contributed by atoms with Crippen LogP contribution in [0.25, 0.3) is 0 Å². The van der Waals surface area contributed by atoms with Gasteiger partial charge in [-0.15, -0.1) is 0 Å². The van der Waals surface area contributed by atoms with E-state index in [-0.39, 0.29) is 31.2 Å². The number of primary amides is 1. The van der Waals surface area contributed by atoms with Crippen LogP contribution in [0, 0.1) is 11.8 Å². The summed E-state index contributed by atoms with van der Waals surface area (Å²) >= 11 is 0. The van der Waals surface area contributed by atoms with Crippen molar-refractivity contribution in [2.45, 2.75) is 84.0 Å². The maximum Gasteiger partial charge on any atom is 0.326 e. The maximum absolute atomic E-state index is 13.0. The van der Waals surface area contributed by atoms with Crippen LogP contribution in [-0.2, 0) is 24.0 Å². The SMILES string of the molecule is CCC(C)C(N)C(=O)NC(C(=O)NC(CCC(N)=O)C(=O)N1CCCC1C(=O)O)C(C)C. The normalized spacial score (nSPS) is 19.7. The lowest BCUT2D eigenvalue weighted by molar-refractivity contribution is -0.149. The lowest BCUT2D eigenvalue weighted by Gasteiger charge is -2.30. The Hall–Kier alpha value is -2.69. The third-order valence-corrected chi connectivity index (χ3v) is 5.92. The minimum absolute atomic E-state index is 0.0755. The summed E-state index contributed by atoms with van der Waals surface area (Å²) in [5.74, 6) is -3.84. The first-order valence-corrected chi connectivity index (χ1v) is 11.1. The molecular weight excluding hydrogens is 418 g/mol. The van der Waals surface area contributed by atoms with Gasteiger partial charge in [0.15, 0.2) is 0 Å². The summed E-state index contributed by atoms with van der Waals surface area (Å²) in [6, 6.07) is -3.88. The highest BCUT2D eigenvalue weighted by Crippen LogP contribution is 2.20. The van der Waals surface area contributed by atoms with Crippen LogP contribution in [0.3, 0.4) is 0 Å². The molecule has 7 N–H and O–H groups in total. The van der Waals surface area contributed by atoms with E-state index in [0.29, 0.717) is 19.3 Å². The van der Waals surface area contributed by atoms with E-state index in [1.807, 2.05) is 13.8 Å². The average molecular weight is 456 g/mol. The number of likely N-dealkylation sites (tertiary alicyclic amines) is 1. The number of aliphatic carboxylic acids is 1. The molecule has 0 spiro atoms. The second-order valence-corrected chi connectivity index (χ2v) is 8.74. The van der Waals surface area contributed by atoms with E-state index in [1.54, 1.807) is 13.8 Å². The van der Waals surface area contributed by atoms with Crippen LogP contribution < -0.4 is 22.1 Å². The highest BCUT2D eigenvalue weighted by molar-refractivity contribution is 5.94. The van der Waals surface area contributed by atoms with E-state index in [0.717, 1.165) is 0 Å². The van der Waals surface area contributed by atoms with Crippen molar-refractivity contribution in [3.63, 3.8) is 0 Å². The lowest BCUT2D eigenvalue weighted by atomic mass is 9.97. The largest absolute Gasteiger partial charge is 0.480 e. The summed E-state index contributed by atoms with van der Waals surface area (Å²) < 4.78 is 0. The van der Waals surface area contributed by atoms with Gasteiger partial charge in [0.05, 0.1) is 6.04 Å². The minimum atomic E-state index is -1.14. The zero-order chi connectivity index (χ0) is 24.6. The van der Waals surface area contributed by atoms with Gasteiger partial charge in [0, 0.05) is 13.0 Å². The molecule has 11 nitrogen and oxygen atoms in total. The van der Waals surface area contributed by atoms with Crippen LogP contribution in [-0.4, -0.2) is 70.3 Å². The number of nitrogens with one attached hydrogen (secondary N) is 2. The van der Waals surface area contributed by atoms with E-state index in [2.05, 4.69) is 10.6 Å². The number of nitrogens with zero attached hydrogens (tertiary/aromatic N) is 1. The number of carboxylic acid groups (broad SMARTS) is 1. The van der Waals surface area contributed by atoms with Crippen molar-refractivity contribution in [2.75, 3.05) is 6.54 Å². The number of hydrogen-bond acceptors (Lipinski definition) is 6. The molecule has 0 aromatic rings. The van der Waals surface area contributed by atoms with E-state index in [1.165, 1.54) is 4.90 Å². The van der Waals surface area contributed by atoms with Crippen LogP contribution >= 0.6 is 0 Å². The molecule has 0 radical (unpaired) electrons. The first-order valence-electron chi connectivity index (χ1n) is 11.1. The Balaban J connectivity index is 3.01. The molecule has 0 saturated carbocycles. The summed E-state index contributed by atoms with van der Waals surface area (Å²) in [7, 11) is 0. The molecule has 5 atom stereocenters. The summed E-state index contributed by atoms with van der Waals surface area (Å²) in [6.07, 6.45) is 1.29. The predicted octanol–water partition coefficient (Wildman–Crippen LogP) is -0.673. The second-order valence-electron chi connectivity index (χ2n) is 8.74. The molecule has 4 amide bonds. The standard InChI is InChI=1S/C21H37N5O6/c1-5-12(4)16(23)18(28)25-17(11(2)3)19(29)24-13(8-9-15(22)27)20(30)26-10-6-7-14(26)21(31)32/h11-14,16-17H,5-10,23H2,1-4H3,(H2,22,27)(H,24,29)(H,25,28)(H,31,32). The third kappa shape index (κ3) is 7.47. The monoisotopic (exact) mass is 455 g/mol. The van der Waals surface area contributed by atoms with E-state index in [4.69, 9.17) is 11.5 Å². The molecule has 1 rings (SSSR count). The molecule has 0 bridgehead atoms. The zero-order valence-corrected chi connectivity index (χ0v) is 19.3. The van der Waals surface area contributed by atoms with Gasteiger partial charge in [0.1, 0.15) is 18.1 Å². The number of hydrogen-bond donors (Lipinski definition) is 5. The van der Waals surface area contributed by atoms with E-state index < -0.39 is 53.8 Å². The Labute approximate surface area is 188 Å². The van der Waals surface area contributed by atoms with Crippen molar-refractivity contribution in [1.82, 2.24) is 15.5 Å². The van der Waals surface area contributed by atoms with E-state index in [9.17, 15) is 29.1 Å². The van der Waals surface area contributed by atoms with Gasteiger partial charge in [0.25, 0.3) is 0 Å². The van der Waals surface area contributed by atoms with Gasteiger partial charge in [-0.3, -0.25) is 19.2 Å². The predicted molar refractivity (Wildman–Crippen MR) is 117 cm³/mol. The third-order valence-electron chi connectivity index (χ3n) is 5.92. The van der Waals surface area contributed by atoms with Crippen molar-refractivity contribution in [2.24, 2.45) is 23.3 Å². The van der Waals surface area contributed by atoms with Crippen LogP contribution in [0.1, 0.15) is 59.8 Å². The first-order chi connectivity index (χ1) is 14.9. The smallest absolute Gasteiger partial charge is 0.326 e. The summed E-state index contributed by atoms with van der Waals surface area (Å²) in [6.45, 7) is 7.46. The molecule has 1 fully saturated rings. The number of nitrogens with two attached hydrogens (primary N) is 2. The van der Waals surface area contributed by atoms with Crippen molar-refractivity contribution in [3.8, 4) is 0 Å². The van der Waals surface area contributed by atoms with Crippen molar-refractivity contribution < 1.29 is 29.1 Å². The van der Waals surface area contributed by atoms with Crippen LogP contribution in [0.4, 0.5) is 0 Å². The Morgan fingerprint density at radius 1 is 1.09 bits per heavy atom. The second kappa shape index (κ2) is 12.4. The molecule has 11 heteroatoms. The van der Waals surface area contributed by atoms with Gasteiger partial charge in [-0.25, -0.2) is 4.79 Å². The zero-order valence-electron chi connectivity index (χ0n) is 19.3. The number of amides is 4. The molecule has 1 aliphatic rings. The lowest BCUT2D eigenvalue weighted by Crippen LogP contribution is -2.59. The fourth-order valence-corrected chi connectivity index (χ4v) is 3.59. The van der Waals surface area contributed by atoms with Gasteiger partial charge in [0.2, 0.25) is 23.6 Å². The summed E-state index contributed by atoms with van der Waals surface area (Å²) in [4.78, 5) is 62.5. The van der Waals surface area contributed by atoms with Gasteiger partial charge >= 0.3 is 5.97 Å². The van der Waals surface area contributed by atoms with Crippen molar-refractivity contribution in [3.05, 3.63) is 0 Å². The molecule has 32 heavy (non-hydrogen) atoms. The van der Waals surface area contributed by atoms with Crippen LogP contribution in [0.2, 0.25) is 0 Å². The molecule has 1 saturated heterocycles. The summed E-state index contributed by atoms with van der Waals surface area (Å²) in [5.41, 5.74) is 11.2. The molecule has 1 aliphatic heterocycles. The molecule has 0 aromatic carbocycles. The maximum atomic E-state index is 13.0. The first kappa shape index (κ1) is 27.3. The molecule has 182 valence electrons. The Bertz CT molecular complexity index is 713. The average Bonchev–Trinajstić information content (AvgIpc) is 3.22. The van der Waals surface area contributed by atoms with Crippen LogP contribution in [0.15, 0.2) is 0 Å². The number of rotatable bonds is 12. The topological polar surface area (TPSA) is 185 Å². The fraction of sp³-hybridized carbons (Fsp3) is 0.762. The van der Waals surface area contributed by atoms with Gasteiger partial charge in [-0.2, -0.15) is 0 Å². The van der Waals surface area contributed by atoms with E-state index >= 15 is 0 Å². The van der Waals surface area contributed by atoms with Crippen molar-refractivity contribution in [1.29, 1.82) is 0 Å². The fourth-order valence-electron chi connectivity index (χ4n) is 3.59. The Morgan fingerprint density at radius 3 is 2.22 bits per heavy atom. The molecule has 5 unspecified atom stereocenters. The molecule has 1 heterocycles. The highest BCUT2D eigenvalue weighted by atomic mass is 16.4. The summed E-state index contributed by atoms with van der Waals surface area (Å²) in [5, 5.41) is 14.6. The minimum Gasteiger partial charge on any atom is -0.480 e.